The number of Topliss-reactive ketones (excluding diaryl/α,β-unsaturated/α-hetero) is 1. The first-order chi connectivity index (χ1) is 39.0. The van der Waals surface area contributed by atoms with Crippen LogP contribution in [0.15, 0.2) is 54.6 Å². The van der Waals surface area contributed by atoms with Gasteiger partial charge in [0.15, 0.2) is 24.1 Å². The third-order valence-electron chi connectivity index (χ3n) is 14.7. The maximum absolute atomic E-state index is 14.1. The number of urea groups is 1. The molecule has 440 valence electrons. The lowest BCUT2D eigenvalue weighted by molar-refractivity contribution is -0.272. The highest BCUT2D eigenvalue weighted by atomic mass is 16.7. The highest BCUT2D eigenvalue weighted by Gasteiger charge is 2.51. The number of aromatic hydroxyl groups is 2. The second-order valence-corrected chi connectivity index (χ2v) is 20.9. The van der Waals surface area contributed by atoms with Crippen LogP contribution in [0, 0.1) is 11.8 Å². The molecule has 1 saturated heterocycles. The molecule has 3 aromatic rings. The molecule has 82 heavy (non-hydrogen) atoms. The number of fused-ring (bicyclic) bond motifs is 3. The number of imide groups is 1. The zero-order valence-corrected chi connectivity index (χ0v) is 45.5. The van der Waals surface area contributed by atoms with Crippen LogP contribution in [0.5, 0.6) is 17.2 Å². The van der Waals surface area contributed by atoms with Gasteiger partial charge in [-0.15, -0.1) is 0 Å². The Morgan fingerprint density at radius 1 is 0.878 bits per heavy atom. The van der Waals surface area contributed by atoms with Crippen LogP contribution in [0.3, 0.4) is 0 Å². The first-order valence-electron chi connectivity index (χ1n) is 26.7. The zero-order valence-electron chi connectivity index (χ0n) is 45.5. The monoisotopic (exact) mass is 1140 g/mol. The third-order valence-corrected chi connectivity index (χ3v) is 14.7. The SMILES string of the molecule is COc1cccc2c1C(=O)c1c(O)c3c(c(O)c1C2=O)C[C@@](O)(C(=O)CO)C[C@@H]3OC1OC(NC(=O)OCc2ccc(NC(=O)[C@H](CCCNC(N)=O)NC(=O)[C@@H](NC(=O)CCCCCN3C(=O)C=CC3=O)C(C)C)cc2)[C@H](O)C[C@@H]1C. The van der Waals surface area contributed by atoms with Gasteiger partial charge in [-0.25, -0.2) is 9.59 Å². The average molecular weight is 1140 g/mol. The van der Waals surface area contributed by atoms with E-state index in [9.17, 15) is 73.5 Å². The zero-order chi connectivity index (χ0) is 59.7. The number of carbonyl (C=O) groups excluding carboxylic acids is 10. The first-order valence-corrected chi connectivity index (χ1v) is 26.7. The Kier molecular flexibility index (Phi) is 19.8. The second kappa shape index (κ2) is 26.5. The highest BCUT2D eigenvalue weighted by Crippen LogP contribution is 2.53. The Bertz CT molecular complexity index is 3020. The molecule has 0 spiro atoms. The lowest BCUT2D eigenvalue weighted by Gasteiger charge is -2.43. The van der Waals surface area contributed by atoms with Crippen LogP contribution < -0.4 is 37.1 Å². The maximum Gasteiger partial charge on any atom is 0.409 e. The van der Waals surface area contributed by atoms with Gasteiger partial charge in [-0.05, 0) is 61.8 Å². The quantitative estimate of drug-likeness (QED) is 0.0270. The number of hydrogen-bond donors (Lipinski definition) is 11. The van der Waals surface area contributed by atoms with Gasteiger partial charge in [-0.3, -0.25) is 48.6 Å². The van der Waals surface area contributed by atoms with Crippen LogP contribution >= 0.6 is 0 Å². The average Bonchev–Trinajstić information content (AvgIpc) is 1.36. The number of anilines is 1. The Labute approximate surface area is 470 Å². The predicted octanol–water partition coefficient (Wildman–Crippen LogP) is 1.67. The van der Waals surface area contributed by atoms with Crippen molar-refractivity contribution in [2.24, 2.45) is 17.6 Å². The Hall–Kier alpha value is -8.30. The van der Waals surface area contributed by atoms with Gasteiger partial charge in [0.1, 0.15) is 48.1 Å². The fraction of sp³-hybridized carbons (Fsp3) is 0.464. The van der Waals surface area contributed by atoms with Crippen LogP contribution in [0.2, 0.25) is 0 Å². The van der Waals surface area contributed by atoms with E-state index >= 15 is 0 Å². The van der Waals surface area contributed by atoms with Crippen LogP contribution in [0.25, 0.3) is 0 Å². The smallest absolute Gasteiger partial charge is 0.409 e. The summed E-state index contributed by atoms with van der Waals surface area (Å²) < 4.78 is 23.1. The molecule has 7 rings (SSSR count). The second-order valence-electron chi connectivity index (χ2n) is 20.9. The van der Waals surface area contributed by atoms with Gasteiger partial charge in [0.2, 0.25) is 23.5 Å². The summed E-state index contributed by atoms with van der Waals surface area (Å²) in [5.41, 5.74) is 1.47. The number of phenols is 2. The van der Waals surface area contributed by atoms with Crippen LogP contribution in [0.4, 0.5) is 15.3 Å². The molecular weight excluding hydrogens is 1070 g/mol. The molecule has 2 aliphatic heterocycles. The number of phenolic OH excluding ortho intramolecular Hbond substituents is 2. The van der Waals surface area contributed by atoms with E-state index in [-0.39, 0.29) is 90.9 Å². The number of benzene rings is 3. The molecule has 1 fully saturated rings. The maximum atomic E-state index is 14.1. The summed E-state index contributed by atoms with van der Waals surface area (Å²) in [6.45, 7) is 3.90. The summed E-state index contributed by atoms with van der Waals surface area (Å²) in [6, 6.07) is 7.35. The van der Waals surface area contributed by atoms with Crippen molar-refractivity contribution >= 4 is 64.7 Å². The topological polar surface area (TPSA) is 398 Å². The van der Waals surface area contributed by atoms with Crippen molar-refractivity contribution < 1.29 is 92.4 Å². The van der Waals surface area contributed by atoms with Crippen LogP contribution in [0.1, 0.15) is 127 Å². The summed E-state index contributed by atoms with van der Waals surface area (Å²) in [5, 5.41) is 69.2. The molecule has 8 atom stereocenters. The minimum Gasteiger partial charge on any atom is -0.507 e. The number of amides is 8. The van der Waals surface area contributed by atoms with E-state index < -0.39 is 144 Å². The van der Waals surface area contributed by atoms with Gasteiger partial charge in [0.25, 0.3) is 11.8 Å². The van der Waals surface area contributed by atoms with Crippen LogP contribution in [-0.2, 0) is 56.0 Å². The van der Waals surface area contributed by atoms with Gasteiger partial charge in [-0.2, -0.15) is 0 Å². The summed E-state index contributed by atoms with van der Waals surface area (Å²) in [5.74, 6) is -7.91. The minimum absolute atomic E-state index is 0.0190. The van der Waals surface area contributed by atoms with Gasteiger partial charge >= 0.3 is 12.1 Å². The van der Waals surface area contributed by atoms with Gasteiger partial charge in [0.05, 0.1) is 36.0 Å². The van der Waals surface area contributed by atoms with Crippen molar-refractivity contribution in [3.8, 4) is 17.2 Å². The summed E-state index contributed by atoms with van der Waals surface area (Å²) in [7, 11) is 1.28. The number of ketones is 3. The molecule has 0 radical (unpaired) electrons. The molecule has 0 saturated carbocycles. The molecule has 12 N–H and O–H groups in total. The third kappa shape index (κ3) is 13.9. The van der Waals surface area contributed by atoms with E-state index in [4.69, 9.17) is 24.7 Å². The number of aliphatic hydroxyl groups is 3. The first kappa shape index (κ1) is 61.3. The highest BCUT2D eigenvalue weighted by molar-refractivity contribution is 6.31. The van der Waals surface area contributed by atoms with Crippen molar-refractivity contribution in [1.29, 1.82) is 0 Å². The largest absolute Gasteiger partial charge is 0.507 e. The van der Waals surface area contributed by atoms with Crippen molar-refractivity contribution in [1.82, 2.24) is 26.2 Å². The van der Waals surface area contributed by atoms with Crippen molar-refractivity contribution in [3.63, 3.8) is 0 Å². The van der Waals surface area contributed by atoms with Gasteiger partial charge in [-0.1, -0.05) is 51.5 Å². The predicted molar refractivity (Wildman–Crippen MR) is 286 cm³/mol. The lowest BCUT2D eigenvalue weighted by atomic mass is 9.72. The fourth-order valence-electron chi connectivity index (χ4n) is 10.3. The summed E-state index contributed by atoms with van der Waals surface area (Å²) >= 11 is 0. The summed E-state index contributed by atoms with van der Waals surface area (Å²) in [6.07, 6.45) is -4.04. The molecule has 2 unspecified atom stereocenters. The Balaban J connectivity index is 0.959. The molecular formula is C56H67N7O19. The number of alkyl carbamates (subject to hydrolysis) is 1. The molecule has 26 nitrogen and oxygen atoms in total. The van der Waals surface area contributed by atoms with Gasteiger partial charge in [0, 0.05) is 72.8 Å². The number of aliphatic hydroxyl groups excluding tert-OH is 2. The standard InChI is InChI=1S/C56H67N7O19/c1-27(2)45(61-38(67)13-6-5-7-21-63-39(68)18-19-40(63)69)51(75)60-33(11-9-20-58-54(57)76)50(74)59-30-16-14-29(15-17-30)26-80-55(77)62-52-34(65)22-28(3)53(82-52)81-36-24-56(78,37(66)25-64)23-32-42(36)49(73)44-43(47(32)71)46(70)31-10-8-12-35(79-4)41(31)48(44)72/h8,10,12,14-19,27-28,33-34,36,45,52-53,64-65,71,73,78H,5-7,9,11,13,20-26H2,1-4H3,(H,59,74)(H,60,75)(H,61,67)(H,62,77)(H3,57,58,76)/t28-,33-,34+,36-,45-,52?,53?,56-/m0/s1. The van der Waals surface area contributed by atoms with Crippen molar-refractivity contribution in [2.45, 2.75) is 128 Å². The van der Waals surface area contributed by atoms with E-state index in [1.165, 1.54) is 61.7 Å². The van der Waals surface area contributed by atoms with E-state index in [1.54, 1.807) is 20.8 Å². The number of nitrogens with one attached hydrogen (secondary N) is 5. The normalized spacial score (nSPS) is 21.6. The number of ether oxygens (including phenoxy) is 4. The Morgan fingerprint density at radius 2 is 1.57 bits per heavy atom. The van der Waals surface area contributed by atoms with E-state index in [2.05, 4.69) is 26.6 Å². The van der Waals surface area contributed by atoms with Crippen molar-refractivity contribution in [3.05, 3.63) is 93.6 Å². The van der Waals surface area contributed by atoms with Crippen molar-refractivity contribution in [2.75, 3.05) is 32.1 Å². The number of hydrogen-bond acceptors (Lipinski definition) is 19. The number of nitrogens with zero attached hydrogens (tertiary/aromatic N) is 1. The Morgan fingerprint density at radius 3 is 2.23 bits per heavy atom. The minimum atomic E-state index is -2.42. The van der Waals surface area contributed by atoms with E-state index in [0.717, 1.165) is 4.90 Å². The number of rotatable bonds is 24. The number of carbonyl (C=O) groups is 10. The summed E-state index contributed by atoms with van der Waals surface area (Å²) in [4.78, 5) is 131. The molecule has 3 aromatic carbocycles. The molecule has 2 aliphatic carbocycles. The fourth-order valence-corrected chi connectivity index (χ4v) is 10.3. The van der Waals surface area contributed by atoms with E-state index in [0.29, 0.717) is 24.8 Å². The number of primary amides is 1. The number of nitrogens with two attached hydrogens (primary N) is 1. The van der Waals surface area contributed by atoms with E-state index in [1.807, 2.05) is 0 Å². The van der Waals surface area contributed by atoms with Gasteiger partial charge < -0.3 is 71.5 Å². The lowest BCUT2D eigenvalue weighted by Crippen LogP contribution is -2.54. The molecule has 0 aromatic heterocycles. The van der Waals surface area contributed by atoms with Crippen LogP contribution in [-0.4, -0.2) is 153 Å². The molecule has 8 amide bonds. The number of methoxy groups -OCH3 is 1. The molecule has 26 heteroatoms. The number of unbranched alkanes of at least 4 members (excludes halogenated alkanes) is 2. The molecule has 2 heterocycles. The molecule has 0 bridgehead atoms. The molecule has 4 aliphatic rings.